The lowest BCUT2D eigenvalue weighted by molar-refractivity contribution is -0.137. The first-order valence-electron chi connectivity index (χ1n) is 15.0. The first-order valence-corrected chi connectivity index (χ1v) is 15.4. The van der Waals surface area contributed by atoms with Gasteiger partial charge in [-0.1, -0.05) is 23.7 Å². The van der Waals surface area contributed by atoms with E-state index in [1.54, 1.807) is 9.58 Å². The highest BCUT2D eigenvalue weighted by Crippen LogP contribution is 2.36. The van der Waals surface area contributed by atoms with Crippen molar-refractivity contribution in [3.8, 4) is 11.3 Å². The molecule has 1 fully saturated rings. The lowest BCUT2D eigenvalue weighted by Crippen LogP contribution is -2.50. The first kappa shape index (κ1) is 30.6. The number of carbonyl (C=O) groups excluding carboxylic acids is 2. The van der Waals surface area contributed by atoms with Crippen molar-refractivity contribution in [2.24, 2.45) is 0 Å². The number of nitrogens with zero attached hydrogens (tertiary/aromatic N) is 5. The Kier molecular flexibility index (Phi) is 8.47. The van der Waals surface area contributed by atoms with E-state index in [1.807, 2.05) is 23.1 Å². The molecule has 8 nitrogen and oxygen atoms in total. The Morgan fingerprint density at radius 3 is 2.45 bits per heavy atom. The second-order valence-corrected chi connectivity index (χ2v) is 12.4. The molecule has 2 aromatic carbocycles. The summed E-state index contributed by atoms with van der Waals surface area (Å²) in [6, 6.07) is 10.7. The minimum Gasteiger partial charge on any atom is -0.390 e. The van der Waals surface area contributed by atoms with Crippen LogP contribution in [0.1, 0.15) is 48.6 Å². The van der Waals surface area contributed by atoms with Crippen molar-refractivity contribution in [2.45, 2.75) is 70.4 Å². The van der Waals surface area contributed by atoms with Crippen LogP contribution < -0.4 is 4.90 Å². The van der Waals surface area contributed by atoms with Gasteiger partial charge in [0.2, 0.25) is 11.8 Å². The van der Waals surface area contributed by atoms with Crippen molar-refractivity contribution in [1.82, 2.24) is 19.6 Å². The van der Waals surface area contributed by atoms with Crippen molar-refractivity contribution in [1.29, 1.82) is 0 Å². The zero-order chi connectivity index (χ0) is 31.2. The van der Waals surface area contributed by atoms with Crippen LogP contribution in [0.5, 0.6) is 0 Å². The molecule has 0 radical (unpaired) electrons. The van der Waals surface area contributed by atoms with Crippen LogP contribution in [0.2, 0.25) is 5.02 Å². The molecule has 2 amide bonds. The van der Waals surface area contributed by atoms with Gasteiger partial charge in [0, 0.05) is 86.1 Å². The Morgan fingerprint density at radius 2 is 1.77 bits per heavy atom. The van der Waals surface area contributed by atoms with Crippen molar-refractivity contribution in [3.63, 3.8) is 0 Å². The molecule has 4 heterocycles. The highest BCUT2D eigenvalue weighted by atomic mass is 35.5. The summed E-state index contributed by atoms with van der Waals surface area (Å²) >= 11 is 6.19. The largest absolute Gasteiger partial charge is 0.416 e. The number of likely N-dealkylation sites (tertiary alicyclic amines) is 1. The van der Waals surface area contributed by atoms with Crippen LogP contribution in [0.15, 0.2) is 42.5 Å². The van der Waals surface area contributed by atoms with Crippen LogP contribution in [0.4, 0.5) is 18.9 Å². The van der Waals surface area contributed by atoms with Crippen molar-refractivity contribution >= 4 is 29.1 Å². The predicted octanol–water partition coefficient (Wildman–Crippen LogP) is 4.93. The number of halogens is 4. The van der Waals surface area contributed by atoms with Crippen LogP contribution >= 0.6 is 11.6 Å². The summed E-state index contributed by atoms with van der Waals surface area (Å²) in [4.78, 5) is 30.9. The van der Waals surface area contributed by atoms with E-state index in [2.05, 4.69) is 4.90 Å². The van der Waals surface area contributed by atoms with Gasteiger partial charge >= 0.3 is 6.18 Å². The number of rotatable bonds is 6. The SMILES string of the molecule is CC(=O)N1CCc2c(c(-c3ccc(C(F)(F)F)cc3)nn2CC(O)CN2CCC(N3C(=O)CCc4cc(Cl)ccc43)CC2)C1. The third kappa shape index (κ3) is 6.23. The van der Waals surface area contributed by atoms with Gasteiger partial charge in [-0.2, -0.15) is 18.3 Å². The molecule has 0 saturated carbocycles. The Balaban J connectivity index is 1.14. The minimum absolute atomic E-state index is 0.0799. The molecule has 1 saturated heterocycles. The van der Waals surface area contributed by atoms with E-state index in [-0.39, 0.29) is 24.4 Å². The van der Waals surface area contributed by atoms with Gasteiger partial charge in [-0.25, -0.2) is 0 Å². The minimum atomic E-state index is -4.44. The number of β-amino-alcohol motifs (C(OH)–C–C–N with tert-alkyl or cyclic N) is 1. The summed E-state index contributed by atoms with van der Waals surface area (Å²) in [5, 5.41) is 16.6. The number of hydrogen-bond donors (Lipinski definition) is 1. The van der Waals surface area contributed by atoms with E-state index in [1.165, 1.54) is 19.1 Å². The molecule has 3 aliphatic rings. The summed E-state index contributed by atoms with van der Waals surface area (Å²) in [7, 11) is 0. The van der Waals surface area contributed by atoms with E-state index in [0.717, 1.165) is 60.6 Å². The standard InChI is InChI=1S/C32H35ClF3N5O3/c1-20(42)39-15-12-29-27(19-39)31(21-2-5-23(6-3-21)32(34,35)36)37-40(29)18-26(43)17-38-13-10-25(11-14-38)41-28-8-7-24(33)16-22(28)4-9-30(41)44/h2-3,5-8,16,25-26,43H,4,9-15,17-19H2,1H3. The van der Waals surface area contributed by atoms with Crippen molar-refractivity contribution in [3.05, 3.63) is 69.9 Å². The lowest BCUT2D eigenvalue weighted by Gasteiger charge is -2.41. The van der Waals surface area contributed by atoms with Crippen LogP contribution in [0.3, 0.4) is 0 Å². The van der Waals surface area contributed by atoms with Gasteiger partial charge < -0.3 is 19.8 Å². The van der Waals surface area contributed by atoms with Crippen LogP contribution in [0, 0.1) is 0 Å². The molecular weight excluding hydrogens is 595 g/mol. The summed E-state index contributed by atoms with van der Waals surface area (Å²) < 4.78 is 41.2. The summed E-state index contributed by atoms with van der Waals surface area (Å²) in [5.74, 6) is 0.0534. The number of aryl methyl sites for hydroxylation is 1. The molecule has 234 valence electrons. The number of aliphatic hydroxyl groups excluding tert-OH is 1. The van der Waals surface area contributed by atoms with E-state index < -0.39 is 17.8 Å². The summed E-state index contributed by atoms with van der Waals surface area (Å²) in [6.07, 6.45) is -1.89. The molecule has 44 heavy (non-hydrogen) atoms. The number of amides is 2. The Labute approximate surface area is 259 Å². The summed E-state index contributed by atoms with van der Waals surface area (Å²) in [5.41, 5.74) is 4.05. The van der Waals surface area contributed by atoms with Gasteiger partial charge in [0.05, 0.1) is 23.9 Å². The van der Waals surface area contributed by atoms with Crippen molar-refractivity contribution < 1.29 is 27.9 Å². The monoisotopic (exact) mass is 629 g/mol. The smallest absolute Gasteiger partial charge is 0.390 e. The topological polar surface area (TPSA) is 81.9 Å². The van der Waals surface area contributed by atoms with E-state index in [9.17, 15) is 27.9 Å². The normalized spacial score (nSPS) is 18.7. The van der Waals surface area contributed by atoms with Crippen molar-refractivity contribution in [2.75, 3.05) is 31.1 Å². The van der Waals surface area contributed by atoms with Crippen LogP contribution in [-0.2, 0) is 41.7 Å². The molecule has 6 rings (SSSR count). The van der Waals surface area contributed by atoms with E-state index in [0.29, 0.717) is 55.2 Å². The number of benzene rings is 2. The Bertz CT molecular complexity index is 1550. The second-order valence-electron chi connectivity index (χ2n) is 11.9. The van der Waals surface area contributed by atoms with E-state index in [4.69, 9.17) is 16.7 Å². The molecule has 1 N–H and O–H groups in total. The van der Waals surface area contributed by atoms with E-state index >= 15 is 0 Å². The second kappa shape index (κ2) is 12.2. The molecule has 1 unspecified atom stereocenters. The number of anilines is 1. The molecular formula is C32H35ClF3N5O3. The fourth-order valence-electron chi connectivity index (χ4n) is 6.76. The maximum atomic E-state index is 13.2. The number of hydrogen-bond acceptors (Lipinski definition) is 5. The zero-order valence-corrected chi connectivity index (χ0v) is 25.2. The Morgan fingerprint density at radius 1 is 1.05 bits per heavy atom. The predicted molar refractivity (Wildman–Crippen MR) is 160 cm³/mol. The highest BCUT2D eigenvalue weighted by molar-refractivity contribution is 6.30. The van der Waals surface area contributed by atoms with Gasteiger partial charge in [0.25, 0.3) is 0 Å². The average molecular weight is 630 g/mol. The molecule has 12 heteroatoms. The number of fused-ring (bicyclic) bond motifs is 2. The Hall–Kier alpha value is -3.41. The molecule has 0 aliphatic carbocycles. The fourth-order valence-corrected chi connectivity index (χ4v) is 6.96. The quantitative estimate of drug-likeness (QED) is 0.418. The van der Waals surface area contributed by atoms with Crippen LogP contribution in [0.25, 0.3) is 11.3 Å². The lowest BCUT2D eigenvalue weighted by atomic mass is 9.95. The molecule has 0 spiro atoms. The zero-order valence-electron chi connectivity index (χ0n) is 24.5. The molecule has 1 atom stereocenters. The van der Waals surface area contributed by atoms with Gasteiger partial charge in [-0.05, 0) is 55.2 Å². The maximum Gasteiger partial charge on any atom is 0.416 e. The third-order valence-electron chi connectivity index (χ3n) is 9.02. The third-order valence-corrected chi connectivity index (χ3v) is 9.25. The number of aliphatic hydroxyl groups is 1. The highest BCUT2D eigenvalue weighted by Gasteiger charge is 2.34. The number of alkyl halides is 3. The molecule has 1 aromatic heterocycles. The molecule has 0 bridgehead atoms. The van der Waals surface area contributed by atoms with Gasteiger partial charge in [-0.15, -0.1) is 0 Å². The summed E-state index contributed by atoms with van der Waals surface area (Å²) in [6.45, 7) is 4.43. The molecule has 3 aliphatic heterocycles. The van der Waals surface area contributed by atoms with Gasteiger partial charge in [0.15, 0.2) is 0 Å². The fraction of sp³-hybridized carbons (Fsp3) is 0.469. The first-order chi connectivity index (χ1) is 21.0. The van der Waals surface area contributed by atoms with Crippen LogP contribution in [-0.4, -0.2) is 74.8 Å². The number of piperidine rings is 1. The number of carbonyl (C=O) groups is 2. The van der Waals surface area contributed by atoms with Gasteiger partial charge in [-0.3, -0.25) is 14.3 Å². The molecule has 3 aromatic rings. The number of aromatic nitrogens is 2. The maximum absolute atomic E-state index is 13.2. The average Bonchev–Trinajstić information content (AvgIpc) is 3.34. The van der Waals surface area contributed by atoms with Gasteiger partial charge in [0.1, 0.15) is 0 Å².